The lowest BCUT2D eigenvalue weighted by molar-refractivity contribution is 0.490. The van der Waals surface area contributed by atoms with E-state index in [1.807, 2.05) is 0 Å². The van der Waals surface area contributed by atoms with Gasteiger partial charge in [0.1, 0.15) is 0 Å². The zero-order chi connectivity index (χ0) is 8.97. The molecule has 12 heavy (non-hydrogen) atoms. The molecule has 0 saturated carbocycles. The van der Waals surface area contributed by atoms with Crippen LogP contribution >= 0.6 is 0 Å². The smallest absolute Gasteiger partial charge is 0.00822 e. The summed E-state index contributed by atoms with van der Waals surface area (Å²) in [5.74, 6) is 0.883. The lowest BCUT2D eigenvalue weighted by atomic mass is 10.1. The number of hydrogen-bond donors (Lipinski definition) is 2. The molecule has 1 rings (SSSR count). The minimum atomic E-state index is 0.629. The zero-order valence-electron chi connectivity index (χ0n) is 8.56. The van der Waals surface area contributed by atoms with Gasteiger partial charge in [-0.2, -0.15) is 0 Å². The van der Waals surface area contributed by atoms with Crippen LogP contribution in [0, 0.1) is 5.92 Å². The third kappa shape index (κ3) is 3.55. The normalized spacial score (nSPS) is 30.0. The predicted octanol–water partition coefficient (Wildman–Crippen LogP) is 1.37. The molecule has 2 heteroatoms. The van der Waals surface area contributed by atoms with Crippen molar-refractivity contribution in [1.29, 1.82) is 0 Å². The first-order valence-electron chi connectivity index (χ1n) is 5.15. The van der Waals surface area contributed by atoms with Gasteiger partial charge in [0.2, 0.25) is 0 Å². The van der Waals surface area contributed by atoms with E-state index in [4.69, 9.17) is 0 Å². The van der Waals surface area contributed by atoms with Crippen LogP contribution < -0.4 is 10.6 Å². The SMILES string of the molecule is CC1CNC(CCNC(C)C)C1. The Labute approximate surface area is 76.1 Å². The summed E-state index contributed by atoms with van der Waals surface area (Å²) < 4.78 is 0. The molecule has 2 atom stereocenters. The van der Waals surface area contributed by atoms with Gasteiger partial charge in [0.15, 0.2) is 0 Å². The van der Waals surface area contributed by atoms with Crippen LogP contribution in [-0.2, 0) is 0 Å². The molecule has 0 radical (unpaired) electrons. The molecule has 2 nitrogen and oxygen atoms in total. The van der Waals surface area contributed by atoms with Crippen LogP contribution in [0.3, 0.4) is 0 Å². The largest absolute Gasteiger partial charge is 0.314 e. The summed E-state index contributed by atoms with van der Waals surface area (Å²) in [6.45, 7) is 9.09. The Balaban J connectivity index is 2.00. The first-order valence-corrected chi connectivity index (χ1v) is 5.15. The fourth-order valence-electron chi connectivity index (χ4n) is 1.79. The molecule has 0 aromatic heterocycles. The van der Waals surface area contributed by atoms with Gasteiger partial charge in [-0.25, -0.2) is 0 Å². The van der Waals surface area contributed by atoms with E-state index in [-0.39, 0.29) is 0 Å². The predicted molar refractivity (Wildman–Crippen MR) is 53.3 cm³/mol. The van der Waals surface area contributed by atoms with Crippen molar-refractivity contribution >= 4 is 0 Å². The molecule has 0 bridgehead atoms. The van der Waals surface area contributed by atoms with Gasteiger partial charge in [-0.15, -0.1) is 0 Å². The van der Waals surface area contributed by atoms with Crippen molar-refractivity contribution in [3.63, 3.8) is 0 Å². The summed E-state index contributed by atoms with van der Waals surface area (Å²) >= 11 is 0. The van der Waals surface area contributed by atoms with E-state index in [0.717, 1.165) is 18.5 Å². The van der Waals surface area contributed by atoms with E-state index in [0.29, 0.717) is 6.04 Å². The second-order valence-electron chi connectivity index (χ2n) is 4.34. The number of rotatable bonds is 4. The Bertz CT molecular complexity index is 123. The maximum absolute atomic E-state index is 3.54. The van der Waals surface area contributed by atoms with Crippen LogP contribution in [0.25, 0.3) is 0 Å². The summed E-state index contributed by atoms with van der Waals surface area (Å²) in [7, 11) is 0. The first kappa shape index (κ1) is 10.0. The number of nitrogens with one attached hydrogen (secondary N) is 2. The average molecular weight is 170 g/mol. The molecule has 0 aliphatic carbocycles. The third-order valence-electron chi connectivity index (χ3n) is 2.49. The third-order valence-corrected chi connectivity index (χ3v) is 2.49. The van der Waals surface area contributed by atoms with Gasteiger partial charge in [-0.3, -0.25) is 0 Å². The van der Waals surface area contributed by atoms with E-state index in [1.54, 1.807) is 0 Å². The van der Waals surface area contributed by atoms with Crippen molar-refractivity contribution in [2.24, 2.45) is 5.92 Å². The van der Waals surface area contributed by atoms with E-state index >= 15 is 0 Å². The molecule has 2 unspecified atom stereocenters. The topological polar surface area (TPSA) is 24.1 Å². The molecule has 2 N–H and O–H groups in total. The Hall–Kier alpha value is -0.0800. The molecule has 0 aromatic rings. The summed E-state index contributed by atoms with van der Waals surface area (Å²) in [5.41, 5.74) is 0. The van der Waals surface area contributed by atoms with E-state index in [2.05, 4.69) is 31.4 Å². The van der Waals surface area contributed by atoms with E-state index < -0.39 is 0 Å². The van der Waals surface area contributed by atoms with E-state index in [1.165, 1.54) is 19.4 Å². The first-order chi connectivity index (χ1) is 5.68. The quantitative estimate of drug-likeness (QED) is 0.666. The Kier molecular flexibility index (Phi) is 4.02. The lowest BCUT2D eigenvalue weighted by Gasteiger charge is -2.12. The molecule has 0 aromatic carbocycles. The van der Waals surface area contributed by atoms with Crippen LogP contribution in [-0.4, -0.2) is 25.2 Å². The van der Waals surface area contributed by atoms with Gasteiger partial charge in [0.05, 0.1) is 0 Å². The van der Waals surface area contributed by atoms with Gasteiger partial charge in [-0.05, 0) is 31.8 Å². The molecule has 0 spiro atoms. The van der Waals surface area contributed by atoms with Gasteiger partial charge in [0.25, 0.3) is 0 Å². The van der Waals surface area contributed by atoms with E-state index in [9.17, 15) is 0 Å². The Morgan fingerprint density at radius 2 is 2.25 bits per heavy atom. The molecule has 72 valence electrons. The Morgan fingerprint density at radius 1 is 1.50 bits per heavy atom. The summed E-state index contributed by atoms with van der Waals surface area (Å²) in [6, 6.07) is 1.40. The fourth-order valence-corrected chi connectivity index (χ4v) is 1.79. The molecule has 1 aliphatic heterocycles. The van der Waals surface area contributed by atoms with Crippen molar-refractivity contribution < 1.29 is 0 Å². The molecule has 1 saturated heterocycles. The maximum atomic E-state index is 3.54. The molecular formula is C10H22N2. The van der Waals surface area contributed by atoms with Gasteiger partial charge < -0.3 is 10.6 Å². The van der Waals surface area contributed by atoms with Gasteiger partial charge >= 0.3 is 0 Å². The van der Waals surface area contributed by atoms with Crippen molar-refractivity contribution in [3.05, 3.63) is 0 Å². The fraction of sp³-hybridized carbons (Fsp3) is 1.00. The van der Waals surface area contributed by atoms with Crippen LogP contribution in [0.15, 0.2) is 0 Å². The van der Waals surface area contributed by atoms with Gasteiger partial charge in [-0.1, -0.05) is 20.8 Å². The summed E-state index contributed by atoms with van der Waals surface area (Å²) in [4.78, 5) is 0. The monoisotopic (exact) mass is 170 g/mol. The molecule has 1 aliphatic rings. The summed E-state index contributed by atoms with van der Waals surface area (Å²) in [6.07, 6.45) is 2.64. The summed E-state index contributed by atoms with van der Waals surface area (Å²) in [5, 5.41) is 6.99. The minimum Gasteiger partial charge on any atom is -0.314 e. The van der Waals surface area contributed by atoms with Crippen LogP contribution in [0.2, 0.25) is 0 Å². The van der Waals surface area contributed by atoms with Crippen LogP contribution in [0.4, 0.5) is 0 Å². The zero-order valence-corrected chi connectivity index (χ0v) is 8.56. The maximum Gasteiger partial charge on any atom is 0.00822 e. The highest BCUT2D eigenvalue weighted by Gasteiger charge is 2.19. The van der Waals surface area contributed by atoms with Crippen molar-refractivity contribution in [2.45, 2.75) is 45.7 Å². The Morgan fingerprint density at radius 3 is 2.75 bits per heavy atom. The van der Waals surface area contributed by atoms with Crippen molar-refractivity contribution in [3.8, 4) is 0 Å². The molecule has 1 heterocycles. The average Bonchev–Trinajstić information content (AvgIpc) is 2.35. The minimum absolute atomic E-state index is 0.629. The highest BCUT2D eigenvalue weighted by atomic mass is 15.0. The van der Waals surface area contributed by atoms with Gasteiger partial charge in [0, 0.05) is 12.1 Å². The molecular weight excluding hydrogens is 148 g/mol. The second-order valence-corrected chi connectivity index (χ2v) is 4.34. The highest BCUT2D eigenvalue weighted by molar-refractivity contribution is 4.79. The van der Waals surface area contributed by atoms with Crippen LogP contribution in [0.1, 0.15) is 33.6 Å². The second kappa shape index (κ2) is 4.83. The van der Waals surface area contributed by atoms with Crippen molar-refractivity contribution in [2.75, 3.05) is 13.1 Å². The standard InChI is InChI=1S/C10H22N2/c1-8(2)11-5-4-10-6-9(3)7-12-10/h8-12H,4-7H2,1-3H3. The highest BCUT2D eigenvalue weighted by Crippen LogP contribution is 2.14. The molecule has 1 fully saturated rings. The lowest BCUT2D eigenvalue weighted by Crippen LogP contribution is -2.30. The number of hydrogen-bond acceptors (Lipinski definition) is 2. The van der Waals surface area contributed by atoms with Crippen LogP contribution in [0.5, 0.6) is 0 Å². The van der Waals surface area contributed by atoms with Crippen molar-refractivity contribution in [1.82, 2.24) is 10.6 Å². The molecule has 0 amide bonds.